The topological polar surface area (TPSA) is 44.8 Å². The zero-order valence-electron chi connectivity index (χ0n) is 17.8. The molecule has 3 aromatic carbocycles. The molecular weight excluding hydrogens is 392 g/mol. The SMILES string of the molecule is C[Si](C)(C)OCCOc1ccc(C(=O)c2ccccc2)c(OCc2ccccc2)c1. The van der Waals surface area contributed by atoms with Gasteiger partial charge in [-0.2, -0.15) is 0 Å². The molecule has 0 aliphatic rings. The first kappa shape index (κ1) is 21.8. The number of carbonyl (C=O) groups excluding carboxylic acids is 1. The average molecular weight is 421 g/mol. The van der Waals surface area contributed by atoms with E-state index in [0.29, 0.717) is 42.4 Å². The minimum Gasteiger partial charge on any atom is -0.491 e. The van der Waals surface area contributed by atoms with E-state index in [-0.39, 0.29) is 5.78 Å². The second kappa shape index (κ2) is 10.2. The van der Waals surface area contributed by atoms with Crippen molar-refractivity contribution in [2.24, 2.45) is 0 Å². The summed E-state index contributed by atoms with van der Waals surface area (Å²) in [6.07, 6.45) is 0. The summed E-state index contributed by atoms with van der Waals surface area (Å²) < 4.78 is 17.7. The van der Waals surface area contributed by atoms with Gasteiger partial charge in [-0.3, -0.25) is 4.79 Å². The fourth-order valence-corrected chi connectivity index (χ4v) is 3.58. The number of ketones is 1. The van der Waals surface area contributed by atoms with Crippen molar-refractivity contribution in [1.29, 1.82) is 0 Å². The quantitative estimate of drug-likeness (QED) is 0.239. The third kappa shape index (κ3) is 6.58. The van der Waals surface area contributed by atoms with Crippen molar-refractivity contribution in [2.75, 3.05) is 13.2 Å². The van der Waals surface area contributed by atoms with Gasteiger partial charge in [0.2, 0.25) is 0 Å². The first-order valence-electron chi connectivity index (χ1n) is 10.1. The summed E-state index contributed by atoms with van der Waals surface area (Å²) in [6, 6.07) is 24.5. The van der Waals surface area contributed by atoms with Crippen LogP contribution in [0.5, 0.6) is 11.5 Å². The number of hydrogen-bond acceptors (Lipinski definition) is 4. The molecule has 0 saturated heterocycles. The summed E-state index contributed by atoms with van der Waals surface area (Å²) in [5.74, 6) is 1.09. The maximum absolute atomic E-state index is 13.0. The Bertz CT molecular complexity index is 950. The molecule has 0 spiro atoms. The molecule has 0 unspecified atom stereocenters. The van der Waals surface area contributed by atoms with E-state index in [0.717, 1.165) is 5.56 Å². The van der Waals surface area contributed by atoms with Gasteiger partial charge in [0.25, 0.3) is 0 Å². The highest BCUT2D eigenvalue weighted by molar-refractivity contribution is 6.69. The summed E-state index contributed by atoms with van der Waals surface area (Å²) in [5, 5.41) is 0. The van der Waals surface area contributed by atoms with E-state index in [1.54, 1.807) is 30.3 Å². The minimum atomic E-state index is -1.57. The molecule has 0 radical (unpaired) electrons. The van der Waals surface area contributed by atoms with Gasteiger partial charge in [-0.1, -0.05) is 60.7 Å². The van der Waals surface area contributed by atoms with Gasteiger partial charge in [0.15, 0.2) is 14.1 Å². The van der Waals surface area contributed by atoms with Crippen LogP contribution < -0.4 is 9.47 Å². The predicted molar refractivity (Wildman–Crippen MR) is 122 cm³/mol. The summed E-state index contributed by atoms with van der Waals surface area (Å²) >= 11 is 0. The zero-order chi connectivity index (χ0) is 21.4. The Hall–Kier alpha value is -2.89. The van der Waals surface area contributed by atoms with E-state index in [9.17, 15) is 4.79 Å². The Kier molecular flexibility index (Phi) is 7.44. The molecule has 0 saturated carbocycles. The van der Waals surface area contributed by atoms with Crippen LogP contribution in [0.15, 0.2) is 78.9 Å². The first-order valence-corrected chi connectivity index (χ1v) is 13.5. The second-order valence-electron chi connectivity index (χ2n) is 7.94. The van der Waals surface area contributed by atoms with Gasteiger partial charge in [-0.05, 0) is 37.3 Å². The van der Waals surface area contributed by atoms with Crippen LogP contribution in [-0.4, -0.2) is 27.3 Å². The van der Waals surface area contributed by atoms with Crippen LogP contribution in [0.1, 0.15) is 21.5 Å². The summed E-state index contributed by atoms with van der Waals surface area (Å²) in [4.78, 5) is 13.0. The molecular formula is C25H28O4Si. The van der Waals surface area contributed by atoms with Gasteiger partial charge in [0.1, 0.15) is 24.7 Å². The first-order chi connectivity index (χ1) is 14.4. The van der Waals surface area contributed by atoms with Crippen molar-refractivity contribution in [3.05, 3.63) is 95.6 Å². The van der Waals surface area contributed by atoms with E-state index in [1.807, 2.05) is 48.5 Å². The van der Waals surface area contributed by atoms with Crippen molar-refractivity contribution in [2.45, 2.75) is 26.2 Å². The number of rotatable bonds is 10. The zero-order valence-corrected chi connectivity index (χ0v) is 18.8. The van der Waals surface area contributed by atoms with E-state index >= 15 is 0 Å². The molecule has 3 aromatic rings. The lowest BCUT2D eigenvalue weighted by Gasteiger charge is -2.18. The Morgan fingerprint density at radius 1 is 0.800 bits per heavy atom. The molecule has 0 amide bonds. The van der Waals surface area contributed by atoms with Crippen LogP contribution in [0.25, 0.3) is 0 Å². The lowest BCUT2D eigenvalue weighted by molar-refractivity contribution is 0.103. The highest BCUT2D eigenvalue weighted by Gasteiger charge is 2.17. The molecule has 156 valence electrons. The number of hydrogen-bond donors (Lipinski definition) is 0. The smallest absolute Gasteiger partial charge is 0.196 e. The molecule has 0 atom stereocenters. The largest absolute Gasteiger partial charge is 0.491 e. The molecule has 0 fully saturated rings. The minimum absolute atomic E-state index is 0.0766. The normalized spacial score (nSPS) is 11.2. The molecule has 3 rings (SSSR count). The molecule has 0 N–H and O–H groups in total. The lowest BCUT2D eigenvalue weighted by atomic mass is 10.0. The van der Waals surface area contributed by atoms with Crippen molar-refractivity contribution in [1.82, 2.24) is 0 Å². The third-order valence-corrected chi connectivity index (χ3v) is 5.43. The Balaban J connectivity index is 1.77. The maximum atomic E-state index is 13.0. The lowest BCUT2D eigenvalue weighted by Crippen LogP contribution is -2.27. The molecule has 4 nitrogen and oxygen atoms in total. The van der Waals surface area contributed by atoms with Crippen LogP contribution in [0, 0.1) is 0 Å². The van der Waals surface area contributed by atoms with Gasteiger partial charge in [0, 0.05) is 11.6 Å². The van der Waals surface area contributed by atoms with Gasteiger partial charge in [-0.25, -0.2) is 0 Å². The Morgan fingerprint density at radius 3 is 2.13 bits per heavy atom. The Labute approximate surface area is 179 Å². The predicted octanol–water partition coefficient (Wildman–Crippen LogP) is 5.73. The third-order valence-electron chi connectivity index (χ3n) is 4.36. The van der Waals surface area contributed by atoms with E-state index in [4.69, 9.17) is 13.9 Å². The molecule has 0 heterocycles. The van der Waals surface area contributed by atoms with Crippen molar-refractivity contribution in [3.63, 3.8) is 0 Å². The fourth-order valence-electron chi connectivity index (χ4n) is 2.89. The van der Waals surface area contributed by atoms with Gasteiger partial charge in [-0.15, -0.1) is 0 Å². The molecule has 0 aliphatic carbocycles. The van der Waals surface area contributed by atoms with Crippen LogP contribution in [0.4, 0.5) is 0 Å². The molecule has 5 heteroatoms. The summed E-state index contributed by atoms with van der Waals surface area (Å²) in [7, 11) is -1.57. The van der Waals surface area contributed by atoms with Crippen molar-refractivity contribution < 1.29 is 18.7 Å². The van der Waals surface area contributed by atoms with Crippen LogP contribution in [-0.2, 0) is 11.0 Å². The molecule has 0 bridgehead atoms. The average Bonchev–Trinajstić information content (AvgIpc) is 2.75. The highest BCUT2D eigenvalue weighted by Crippen LogP contribution is 2.28. The Morgan fingerprint density at radius 2 is 1.47 bits per heavy atom. The summed E-state index contributed by atoms with van der Waals surface area (Å²) in [5.41, 5.74) is 2.17. The van der Waals surface area contributed by atoms with E-state index in [2.05, 4.69) is 19.6 Å². The molecule has 0 aliphatic heterocycles. The van der Waals surface area contributed by atoms with Crippen molar-refractivity contribution >= 4 is 14.1 Å². The van der Waals surface area contributed by atoms with Crippen LogP contribution in [0.2, 0.25) is 19.6 Å². The van der Waals surface area contributed by atoms with Crippen LogP contribution in [0.3, 0.4) is 0 Å². The van der Waals surface area contributed by atoms with Gasteiger partial charge in [0.05, 0.1) is 12.2 Å². The van der Waals surface area contributed by atoms with E-state index in [1.165, 1.54) is 0 Å². The fraction of sp³-hybridized carbons (Fsp3) is 0.240. The number of carbonyl (C=O) groups is 1. The van der Waals surface area contributed by atoms with E-state index < -0.39 is 8.32 Å². The second-order valence-corrected chi connectivity index (χ2v) is 12.5. The highest BCUT2D eigenvalue weighted by atomic mass is 28.4. The number of benzene rings is 3. The number of ether oxygens (including phenoxy) is 2. The van der Waals surface area contributed by atoms with Gasteiger partial charge >= 0.3 is 0 Å². The standard InChI is InChI=1S/C25H28O4Si/c1-30(2,3)29-17-16-27-22-14-15-23(25(26)21-12-8-5-9-13-21)24(18-22)28-19-20-10-6-4-7-11-20/h4-15,18H,16-17,19H2,1-3H3. The maximum Gasteiger partial charge on any atom is 0.196 e. The monoisotopic (exact) mass is 420 g/mol. The molecule has 0 aromatic heterocycles. The van der Waals surface area contributed by atoms with Gasteiger partial charge < -0.3 is 13.9 Å². The summed E-state index contributed by atoms with van der Waals surface area (Å²) in [6.45, 7) is 7.80. The van der Waals surface area contributed by atoms with Crippen LogP contribution >= 0.6 is 0 Å². The molecule has 30 heavy (non-hydrogen) atoms. The van der Waals surface area contributed by atoms with Crippen molar-refractivity contribution in [3.8, 4) is 11.5 Å².